The Labute approximate surface area is 355 Å². The topological polar surface area (TPSA) is 175 Å². The van der Waals surface area contributed by atoms with Crippen molar-refractivity contribution in [3.05, 3.63) is 0 Å². The highest BCUT2D eigenvalue weighted by molar-refractivity contribution is 8.13. The molecule has 8 atom stereocenters. The lowest BCUT2D eigenvalue weighted by molar-refractivity contribution is -0.175. The molecule has 0 aromatic rings. The zero-order valence-corrected chi connectivity index (χ0v) is 37.9. The predicted octanol–water partition coefficient (Wildman–Crippen LogP) is 7.47. The Kier molecular flexibility index (Phi) is 16.6. The first kappa shape index (κ1) is 47.8. The van der Waals surface area contributed by atoms with Crippen LogP contribution in [0.2, 0.25) is 0 Å². The number of thiocarbonyl (C=S) groups is 1. The maximum absolute atomic E-state index is 14.1. The fourth-order valence-corrected chi connectivity index (χ4v) is 10.8. The van der Waals surface area contributed by atoms with Crippen LogP contribution in [0.15, 0.2) is 15.0 Å². The Morgan fingerprint density at radius 1 is 0.845 bits per heavy atom. The third kappa shape index (κ3) is 12.8. The van der Waals surface area contributed by atoms with Crippen molar-refractivity contribution in [1.29, 1.82) is 0 Å². The lowest BCUT2D eigenvalue weighted by Crippen LogP contribution is -2.47. The van der Waals surface area contributed by atoms with Gasteiger partial charge in [-0.3, -0.25) is 24.2 Å². The number of nitrogens with one attached hydrogen (secondary N) is 1. The van der Waals surface area contributed by atoms with Gasteiger partial charge in [0.15, 0.2) is 10.3 Å². The van der Waals surface area contributed by atoms with E-state index in [2.05, 4.69) is 32.5 Å². The van der Waals surface area contributed by atoms with Gasteiger partial charge in [-0.05, 0) is 149 Å². The third-order valence-electron chi connectivity index (χ3n) is 12.4. The molecule has 58 heavy (non-hydrogen) atoms. The van der Waals surface area contributed by atoms with Gasteiger partial charge in [-0.25, -0.2) is 9.98 Å². The van der Waals surface area contributed by atoms with E-state index < -0.39 is 45.2 Å². The van der Waals surface area contributed by atoms with E-state index in [0.717, 1.165) is 42.6 Å². The van der Waals surface area contributed by atoms with Crippen molar-refractivity contribution >= 4 is 70.6 Å². The first-order valence-electron chi connectivity index (χ1n) is 21.0. The molecule has 0 amide bonds. The molecule has 0 spiro atoms. The molecule has 8 unspecified atom stereocenters. The molecule has 15 heteroatoms. The molecule has 13 nitrogen and oxygen atoms in total. The molecule has 0 saturated heterocycles. The number of carbonyl (C=O) groups excluding carboxylic acids is 3. The van der Waals surface area contributed by atoms with Gasteiger partial charge in [0.05, 0.1) is 41.4 Å². The summed E-state index contributed by atoms with van der Waals surface area (Å²) in [7, 11) is 0. The Balaban J connectivity index is 0.00000113. The number of ether oxygens (including phenoxy) is 4. The molecule has 2 aliphatic heterocycles. The molecule has 3 aliphatic carbocycles. The highest BCUT2D eigenvalue weighted by Crippen LogP contribution is 2.60. The number of carboxylic acid groups (broad SMARTS) is 1. The van der Waals surface area contributed by atoms with Gasteiger partial charge in [-0.1, -0.05) is 25.1 Å². The lowest BCUT2D eigenvalue weighted by atomic mass is 9.61. The molecule has 3 saturated carbocycles. The van der Waals surface area contributed by atoms with Crippen molar-refractivity contribution in [1.82, 2.24) is 5.32 Å². The van der Waals surface area contributed by atoms with Gasteiger partial charge in [0.1, 0.15) is 18.3 Å². The van der Waals surface area contributed by atoms with Crippen LogP contribution in [0.25, 0.3) is 0 Å². The molecule has 2 N–H and O–H groups in total. The van der Waals surface area contributed by atoms with Gasteiger partial charge in [0.25, 0.3) is 0 Å². The molecule has 0 aromatic heterocycles. The Morgan fingerprint density at radius 3 is 2.14 bits per heavy atom. The van der Waals surface area contributed by atoms with Crippen molar-refractivity contribution in [2.45, 2.75) is 138 Å². The highest BCUT2D eigenvalue weighted by Gasteiger charge is 2.57. The summed E-state index contributed by atoms with van der Waals surface area (Å²) >= 11 is 6.18. The standard InChI is InChI=1S/C40H64N2O9S.C3H4N2S/c1-10-38(7,34(47)51-36(2,3)4)24-39(8,31(43)44)25-40(9,33(46)49-19-18-48-17-12-20-52-35-41-15-16-42-35)23-37(5,6)32(45)50-30-22-26-21-29(30)28-14-11-13-27(26)28;6-3-4-1-2-5-3/h15,26-30H,10-14,16-25H2,1-9H3,(H,43,44);1H,2H2,(H,5,6). The summed E-state index contributed by atoms with van der Waals surface area (Å²) in [5.41, 5.74) is -5.97. The number of aliphatic imine (C=N–C) groups is 3. The number of hydrogen-bond donors (Lipinski definition) is 2. The summed E-state index contributed by atoms with van der Waals surface area (Å²) in [6, 6.07) is 0. The maximum atomic E-state index is 14.1. The first-order valence-corrected chi connectivity index (χ1v) is 22.4. The van der Waals surface area contributed by atoms with Crippen LogP contribution < -0.4 is 5.32 Å². The average molecular weight is 849 g/mol. The third-order valence-corrected chi connectivity index (χ3v) is 13.7. The quantitative estimate of drug-likeness (QED) is 0.0569. The number of aliphatic carboxylic acids is 1. The molecule has 2 heterocycles. The van der Waals surface area contributed by atoms with Crippen LogP contribution in [-0.2, 0) is 38.1 Å². The summed E-state index contributed by atoms with van der Waals surface area (Å²) in [6.45, 7) is 17.7. The average Bonchev–Trinajstić information content (AvgIpc) is 3.98. The predicted molar refractivity (Wildman–Crippen MR) is 231 cm³/mol. The van der Waals surface area contributed by atoms with Crippen molar-refractivity contribution in [2.24, 2.45) is 60.3 Å². The van der Waals surface area contributed by atoms with Crippen LogP contribution in [0.3, 0.4) is 0 Å². The zero-order valence-electron chi connectivity index (χ0n) is 36.2. The van der Waals surface area contributed by atoms with Gasteiger partial charge in [-0.2, -0.15) is 0 Å². The van der Waals surface area contributed by atoms with Gasteiger partial charge in [-0.15, -0.1) is 0 Å². The summed E-state index contributed by atoms with van der Waals surface area (Å²) in [5, 5.41) is 14.9. The van der Waals surface area contributed by atoms with Gasteiger partial charge in [0.2, 0.25) is 0 Å². The number of amidine groups is 1. The molecule has 5 aliphatic rings. The number of carboxylic acids is 1. The highest BCUT2D eigenvalue weighted by atomic mass is 32.2. The molecule has 5 rings (SSSR count). The van der Waals surface area contributed by atoms with Crippen LogP contribution in [-0.4, -0.2) is 102 Å². The number of carbonyl (C=O) groups is 4. The van der Waals surface area contributed by atoms with E-state index in [4.69, 9.17) is 18.9 Å². The number of rotatable bonds is 19. The van der Waals surface area contributed by atoms with E-state index in [1.54, 1.807) is 79.6 Å². The zero-order chi connectivity index (χ0) is 42.9. The molecule has 0 aromatic carbocycles. The Hall–Kier alpha value is -2.91. The summed E-state index contributed by atoms with van der Waals surface area (Å²) < 4.78 is 23.5. The molecule has 3 fully saturated rings. The molecule has 2 bridgehead atoms. The van der Waals surface area contributed by atoms with Crippen molar-refractivity contribution in [3.63, 3.8) is 0 Å². The van der Waals surface area contributed by atoms with E-state index in [-0.39, 0.29) is 44.5 Å². The minimum atomic E-state index is -1.54. The van der Waals surface area contributed by atoms with Gasteiger partial charge in [0, 0.05) is 24.8 Å². The molecular formula is C43H68N4O9S2. The van der Waals surface area contributed by atoms with Crippen molar-refractivity contribution in [2.75, 3.05) is 38.7 Å². The fourth-order valence-electron chi connectivity index (χ4n) is 9.83. The van der Waals surface area contributed by atoms with E-state index in [1.807, 2.05) is 6.92 Å². The van der Waals surface area contributed by atoms with E-state index >= 15 is 0 Å². The van der Waals surface area contributed by atoms with Gasteiger partial charge < -0.3 is 29.4 Å². The van der Waals surface area contributed by atoms with E-state index in [1.165, 1.54) is 19.3 Å². The van der Waals surface area contributed by atoms with Crippen molar-refractivity contribution in [3.8, 4) is 0 Å². The second-order valence-electron chi connectivity index (χ2n) is 19.2. The van der Waals surface area contributed by atoms with Gasteiger partial charge >= 0.3 is 23.9 Å². The minimum Gasteiger partial charge on any atom is -0.481 e. The largest absolute Gasteiger partial charge is 0.481 e. The van der Waals surface area contributed by atoms with Crippen LogP contribution in [0, 0.1) is 45.3 Å². The maximum Gasteiger partial charge on any atom is 0.312 e. The molecule has 326 valence electrons. The van der Waals surface area contributed by atoms with E-state index in [0.29, 0.717) is 42.4 Å². The Morgan fingerprint density at radius 2 is 1.55 bits per heavy atom. The smallest absolute Gasteiger partial charge is 0.312 e. The molecular weight excluding hydrogens is 781 g/mol. The minimum absolute atomic E-state index is 0.00707. The summed E-state index contributed by atoms with van der Waals surface area (Å²) in [6.07, 6.45) is 10.0. The number of esters is 3. The van der Waals surface area contributed by atoms with Crippen LogP contribution in [0.4, 0.5) is 0 Å². The second kappa shape index (κ2) is 20.1. The lowest BCUT2D eigenvalue weighted by Gasteiger charge is -2.42. The number of thioether (sulfide) groups is 1. The van der Waals surface area contributed by atoms with Crippen LogP contribution in [0.5, 0.6) is 0 Å². The monoisotopic (exact) mass is 848 g/mol. The van der Waals surface area contributed by atoms with E-state index in [9.17, 15) is 24.3 Å². The summed E-state index contributed by atoms with van der Waals surface area (Å²) in [5.74, 6) is 0.591. The number of hydrogen-bond acceptors (Lipinski definition) is 12. The molecule has 0 radical (unpaired) electrons. The fraction of sp³-hybridized carbons (Fsp3) is 0.814. The normalized spacial score (nSPS) is 26.3. The van der Waals surface area contributed by atoms with Crippen LogP contribution >= 0.6 is 24.0 Å². The Bertz CT molecular complexity index is 1590. The SMILES string of the molecule is CCC(C)(CC(C)(CC(C)(CC(C)(C)C(=O)OC1CC2CC1C1CCCC21)C(=O)OCCOCCCSC1=NCC=N1)C(=O)O)C(=O)OC(C)(C)C.S=C1N=CCN1. The second-order valence-corrected chi connectivity index (χ2v) is 20.7. The summed E-state index contributed by atoms with van der Waals surface area (Å²) in [4.78, 5) is 66.9. The first-order chi connectivity index (χ1) is 27.1. The number of nitrogens with zero attached hydrogens (tertiary/aromatic N) is 3. The number of fused-ring (bicyclic) bond motifs is 5. The van der Waals surface area contributed by atoms with Crippen molar-refractivity contribution < 1.29 is 43.2 Å². The van der Waals surface area contributed by atoms with Crippen LogP contribution in [0.1, 0.15) is 127 Å².